The number of unbranched alkanes of at least 4 members (excludes halogenated alkanes) is 9. The first-order valence-electron chi connectivity index (χ1n) is 8.62. The third-order valence-corrected chi connectivity index (χ3v) is 3.43. The van der Waals surface area contributed by atoms with Gasteiger partial charge in [0.1, 0.15) is 6.61 Å². The smallest absolute Gasteiger partial charge is 0.293 e. The predicted molar refractivity (Wildman–Crippen MR) is 85.5 cm³/mol. The van der Waals surface area contributed by atoms with Gasteiger partial charge in [0.05, 0.1) is 19.8 Å². The summed E-state index contributed by atoms with van der Waals surface area (Å²) in [5.41, 5.74) is 0. The van der Waals surface area contributed by atoms with Gasteiger partial charge in [0.15, 0.2) is 0 Å². The maximum atomic E-state index is 9.86. The fourth-order valence-electron chi connectivity index (χ4n) is 2.17. The molecule has 0 heterocycles. The Morgan fingerprint density at radius 3 is 1.67 bits per heavy atom. The molecule has 0 amide bonds. The zero-order chi connectivity index (χ0) is 15.4. The molecule has 0 aromatic carbocycles. The van der Waals surface area contributed by atoms with E-state index in [0.717, 1.165) is 13.0 Å². The van der Waals surface area contributed by atoms with Crippen LogP contribution in [-0.4, -0.2) is 39.5 Å². The molecular formula is C17H34O4. The van der Waals surface area contributed by atoms with E-state index < -0.39 is 0 Å². The first-order valence-corrected chi connectivity index (χ1v) is 8.62. The minimum Gasteiger partial charge on any atom is -0.465 e. The van der Waals surface area contributed by atoms with Gasteiger partial charge in [0, 0.05) is 6.61 Å². The molecule has 21 heavy (non-hydrogen) atoms. The molecule has 0 saturated heterocycles. The van der Waals surface area contributed by atoms with Crippen molar-refractivity contribution in [3.05, 3.63) is 0 Å². The summed E-state index contributed by atoms with van der Waals surface area (Å²) in [6, 6.07) is 0. The maximum Gasteiger partial charge on any atom is 0.293 e. The molecule has 0 aromatic heterocycles. The lowest BCUT2D eigenvalue weighted by molar-refractivity contribution is -0.130. The molecule has 126 valence electrons. The number of hydrogen-bond acceptors (Lipinski definition) is 4. The summed E-state index contributed by atoms with van der Waals surface area (Å²) in [4.78, 5) is 9.86. The average molecular weight is 302 g/mol. The highest BCUT2D eigenvalue weighted by molar-refractivity contribution is 5.36. The van der Waals surface area contributed by atoms with Crippen LogP contribution in [0.5, 0.6) is 0 Å². The Morgan fingerprint density at radius 1 is 0.619 bits per heavy atom. The molecule has 0 aliphatic carbocycles. The van der Waals surface area contributed by atoms with Gasteiger partial charge >= 0.3 is 0 Å². The Kier molecular flexibility index (Phi) is 18.8. The molecule has 0 rings (SSSR count). The zero-order valence-electron chi connectivity index (χ0n) is 13.8. The predicted octanol–water partition coefficient (Wildman–Crippen LogP) is 4.11. The van der Waals surface area contributed by atoms with Crippen molar-refractivity contribution >= 4 is 6.47 Å². The van der Waals surface area contributed by atoms with Crippen molar-refractivity contribution < 1.29 is 19.0 Å². The maximum absolute atomic E-state index is 9.86. The molecule has 0 fully saturated rings. The normalized spacial score (nSPS) is 10.7. The van der Waals surface area contributed by atoms with Gasteiger partial charge in [-0.15, -0.1) is 0 Å². The summed E-state index contributed by atoms with van der Waals surface area (Å²) in [6.07, 6.45) is 13.4. The third kappa shape index (κ3) is 19.4. The number of carbonyl (C=O) groups is 1. The molecule has 0 saturated carbocycles. The third-order valence-electron chi connectivity index (χ3n) is 3.43. The Morgan fingerprint density at radius 2 is 1.10 bits per heavy atom. The van der Waals surface area contributed by atoms with Crippen molar-refractivity contribution in [2.24, 2.45) is 0 Å². The second-order valence-electron chi connectivity index (χ2n) is 5.37. The van der Waals surface area contributed by atoms with Crippen molar-refractivity contribution in [2.75, 3.05) is 33.0 Å². The van der Waals surface area contributed by atoms with E-state index in [9.17, 15) is 4.79 Å². The highest BCUT2D eigenvalue weighted by Gasteiger charge is 1.94. The van der Waals surface area contributed by atoms with E-state index in [4.69, 9.17) is 9.47 Å². The van der Waals surface area contributed by atoms with Crippen LogP contribution in [-0.2, 0) is 19.0 Å². The monoisotopic (exact) mass is 302 g/mol. The first kappa shape index (κ1) is 20.4. The standard InChI is InChI=1S/C17H34O4/c1-2-3-4-5-6-7-8-9-10-11-12-19-13-14-20-15-16-21-17-18/h17H,2-16H2,1H3. The number of ether oxygens (including phenoxy) is 3. The van der Waals surface area contributed by atoms with Gasteiger partial charge < -0.3 is 14.2 Å². The van der Waals surface area contributed by atoms with E-state index in [-0.39, 0.29) is 0 Å². The largest absolute Gasteiger partial charge is 0.465 e. The van der Waals surface area contributed by atoms with Crippen molar-refractivity contribution in [3.8, 4) is 0 Å². The quantitative estimate of drug-likeness (QED) is 0.282. The molecule has 0 unspecified atom stereocenters. The van der Waals surface area contributed by atoms with Crippen LogP contribution in [0.15, 0.2) is 0 Å². The highest BCUT2D eigenvalue weighted by atomic mass is 16.6. The molecule has 0 radical (unpaired) electrons. The summed E-state index contributed by atoms with van der Waals surface area (Å²) in [5, 5.41) is 0. The van der Waals surface area contributed by atoms with Crippen LogP contribution in [0.25, 0.3) is 0 Å². The lowest BCUT2D eigenvalue weighted by Crippen LogP contribution is -2.09. The van der Waals surface area contributed by atoms with E-state index in [1.807, 2.05) is 0 Å². The molecule has 0 atom stereocenters. The van der Waals surface area contributed by atoms with Crippen LogP contribution in [0.4, 0.5) is 0 Å². The average Bonchev–Trinajstić information content (AvgIpc) is 2.50. The zero-order valence-corrected chi connectivity index (χ0v) is 13.8. The molecule has 0 spiro atoms. The van der Waals surface area contributed by atoms with Gasteiger partial charge in [-0.2, -0.15) is 0 Å². The van der Waals surface area contributed by atoms with Crippen molar-refractivity contribution in [3.63, 3.8) is 0 Å². The van der Waals surface area contributed by atoms with Crippen LogP contribution < -0.4 is 0 Å². The molecule has 4 heteroatoms. The first-order chi connectivity index (χ1) is 10.4. The Bertz CT molecular complexity index is 197. The van der Waals surface area contributed by atoms with Crippen LogP contribution in [0.1, 0.15) is 71.1 Å². The minimum atomic E-state index is 0.321. The SMILES string of the molecule is CCCCCCCCCCCCOCCOCCOC=O. The Labute approximate surface area is 130 Å². The van der Waals surface area contributed by atoms with Gasteiger partial charge in [0.2, 0.25) is 0 Å². The van der Waals surface area contributed by atoms with Crippen molar-refractivity contribution in [1.82, 2.24) is 0 Å². The number of hydrogen-bond donors (Lipinski definition) is 0. The topological polar surface area (TPSA) is 44.8 Å². The van der Waals surface area contributed by atoms with E-state index in [2.05, 4.69) is 11.7 Å². The van der Waals surface area contributed by atoms with Gasteiger partial charge in [-0.25, -0.2) is 0 Å². The van der Waals surface area contributed by atoms with Gasteiger partial charge in [-0.05, 0) is 6.42 Å². The van der Waals surface area contributed by atoms with Crippen molar-refractivity contribution in [2.45, 2.75) is 71.1 Å². The van der Waals surface area contributed by atoms with E-state index in [1.165, 1.54) is 57.8 Å². The number of carbonyl (C=O) groups excluding carboxylic acids is 1. The van der Waals surface area contributed by atoms with Gasteiger partial charge in [-0.3, -0.25) is 4.79 Å². The Hall–Kier alpha value is -0.610. The molecule has 0 N–H and O–H groups in total. The fourth-order valence-corrected chi connectivity index (χ4v) is 2.17. The molecule has 4 nitrogen and oxygen atoms in total. The summed E-state index contributed by atoms with van der Waals surface area (Å²) in [6.45, 7) is 5.48. The second kappa shape index (κ2) is 19.4. The van der Waals surface area contributed by atoms with E-state index >= 15 is 0 Å². The summed E-state index contributed by atoms with van der Waals surface area (Å²) >= 11 is 0. The second-order valence-corrected chi connectivity index (χ2v) is 5.37. The molecule has 0 aliphatic heterocycles. The molecular weight excluding hydrogens is 268 g/mol. The van der Waals surface area contributed by atoms with Gasteiger partial charge in [0.25, 0.3) is 6.47 Å². The van der Waals surface area contributed by atoms with Crippen LogP contribution in [0, 0.1) is 0 Å². The fraction of sp³-hybridized carbons (Fsp3) is 0.941. The summed E-state index contributed by atoms with van der Waals surface area (Å²) in [7, 11) is 0. The highest BCUT2D eigenvalue weighted by Crippen LogP contribution is 2.10. The number of rotatable bonds is 18. The van der Waals surface area contributed by atoms with E-state index in [1.54, 1.807) is 0 Å². The minimum absolute atomic E-state index is 0.321. The molecule has 0 aliphatic rings. The van der Waals surface area contributed by atoms with Crippen LogP contribution in [0.3, 0.4) is 0 Å². The summed E-state index contributed by atoms with van der Waals surface area (Å²) in [5.74, 6) is 0. The van der Waals surface area contributed by atoms with Crippen LogP contribution >= 0.6 is 0 Å². The van der Waals surface area contributed by atoms with Gasteiger partial charge in [-0.1, -0.05) is 64.7 Å². The molecule has 0 bridgehead atoms. The lowest BCUT2D eigenvalue weighted by Gasteiger charge is -2.05. The van der Waals surface area contributed by atoms with E-state index in [0.29, 0.717) is 32.9 Å². The van der Waals surface area contributed by atoms with Crippen LogP contribution in [0.2, 0.25) is 0 Å². The molecule has 0 aromatic rings. The van der Waals surface area contributed by atoms with Crippen molar-refractivity contribution in [1.29, 1.82) is 0 Å². The Balaban J connectivity index is 2.91. The lowest BCUT2D eigenvalue weighted by atomic mass is 10.1. The summed E-state index contributed by atoms with van der Waals surface area (Å²) < 4.78 is 15.2.